The third kappa shape index (κ3) is 2.03. The van der Waals surface area contributed by atoms with Crippen LogP contribution in [0, 0.1) is 0 Å². The zero-order valence-corrected chi connectivity index (χ0v) is 13.4. The monoisotopic (exact) mass is 340 g/mol. The van der Waals surface area contributed by atoms with Crippen molar-refractivity contribution in [1.82, 2.24) is 19.7 Å². The lowest BCUT2D eigenvalue weighted by atomic mass is 10.2. The van der Waals surface area contributed by atoms with Gasteiger partial charge in [0.15, 0.2) is 0 Å². The summed E-state index contributed by atoms with van der Waals surface area (Å²) in [5, 5.41) is 4.67. The van der Waals surface area contributed by atoms with E-state index in [0.29, 0.717) is 11.7 Å². The van der Waals surface area contributed by atoms with E-state index in [2.05, 4.69) is 15.1 Å². The van der Waals surface area contributed by atoms with Crippen LogP contribution in [-0.2, 0) is 19.4 Å². The summed E-state index contributed by atoms with van der Waals surface area (Å²) in [5.41, 5.74) is 1.87. The highest BCUT2D eigenvalue weighted by atomic mass is 32.1. The predicted octanol–water partition coefficient (Wildman–Crippen LogP) is 2.64. The molecule has 4 aromatic heterocycles. The lowest BCUT2D eigenvalue weighted by molar-refractivity contribution is 0.369. The number of aromatic nitrogens is 4. The number of hydrogen-bond acceptors (Lipinski definition) is 7. The Morgan fingerprint density at radius 1 is 1.33 bits per heavy atom. The van der Waals surface area contributed by atoms with Crippen LogP contribution in [-0.4, -0.2) is 19.7 Å². The second-order valence-corrected chi connectivity index (χ2v) is 6.82. The van der Waals surface area contributed by atoms with Gasteiger partial charge in [0.2, 0.25) is 11.7 Å². The van der Waals surface area contributed by atoms with Gasteiger partial charge < -0.3 is 8.94 Å². The van der Waals surface area contributed by atoms with Crippen LogP contribution in [0.4, 0.5) is 0 Å². The van der Waals surface area contributed by atoms with Gasteiger partial charge in [-0.1, -0.05) is 5.16 Å². The van der Waals surface area contributed by atoms with E-state index in [4.69, 9.17) is 8.94 Å². The first-order valence-electron chi connectivity index (χ1n) is 7.64. The molecule has 5 rings (SSSR count). The number of fused-ring (bicyclic) bond motifs is 3. The SMILES string of the molecule is O=c1c2c3c(sc2ncn1Cc1nc(-c2ccoc2)no1)CCC3. The van der Waals surface area contributed by atoms with E-state index in [1.165, 1.54) is 15.0 Å². The summed E-state index contributed by atoms with van der Waals surface area (Å²) >= 11 is 1.63. The molecule has 0 amide bonds. The fraction of sp³-hybridized carbons (Fsp3) is 0.250. The highest BCUT2D eigenvalue weighted by Gasteiger charge is 2.21. The molecule has 0 N–H and O–H groups in total. The molecular formula is C16H12N4O3S. The number of rotatable bonds is 3. The molecule has 0 radical (unpaired) electrons. The maximum absolute atomic E-state index is 12.8. The molecule has 4 aromatic rings. The minimum Gasteiger partial charge on any atom is -0.472 e. The van der Waals surface area contributed by atoms with E-state index in [1.807, 2.05) is 0 Å². The molecule has 1 aliphatic rings. The molecule has 0 bridgehead atoms. The van der Waals surface area contributed by atoms with Gasteiger partial charge in [-0.25, -0.2) is 4.98 Å². The molecule has 7 nitrogen and oxygen atoms in total. The number of aryl methyl sites for hydroxylation is 2. The predicted molar refractivity (Wildman–Crippen MR) is 87.0 cm³/mol. The number of hydrogen-bond donors (Lipinski definition) is 0. The zero-order chi connectivity index (χ0) is 16.1. The zero-order valence-electron chi connectivity index (χ0n) is 12.6. The van der Waals surface area contributed by atoms with E-state index >= 15 is 0 Å². The largest absolute Gasteiger partial charge is 0.472 e. The molecular weight excluding hydrogens is 328 g/mol. The summed E-state index contributed by atoms with van der Waals surface area (Å²) in [6.45, 7) is 0.206. The molecule has 0 aromatic carbocycles. The second kappa shape index (κ2) is 5.13. The highest BCUT2D eigenvalue weighted by Crippen LogP contribution is 2.34. The van der Waals surface area contributed by atoms with E-state index in [0.717, 1.165) is 35.0 Å². The Morgan fingerprint density at radius 3 is 3.17 bits per heavy atom. The molecule has 0 saturated carbocycles. The molecule has 0 fully saturated rings. The molecule has 0 unspecified atom stereocenters. The third-order valence-corrected chi connectivity index (χ3v) is 5.44. The summed E-state index contributed by atoms with van der Waals surface area (Å²) in [5.74, 6) is 0.804. The van der Waals surface area contributed by atoms with Gasteiger partial charge in [-0.05, 0) is 30.9 Å². The standard InChI is InChI=1S/C16H12N4O3S/c21-16-13-10-2-1-3-11(10)24-15(13)17-8-20(16)6-12-18-14(19-23-12)9-4-5-22-7-9/h4-5,7-8H,1-3,6H2. The minimum atomic E-state index is -0.0394. The van der Waals surface area contributed by atoms with E-state index < -0.39 is 0 Å². The first-order valence-corrected chi connectivity index (χ1v) is 8.46. The van der Waals surface area contributed by atoms with Gasteiger partial charge in [0, 0.05) is 4.88 Å². The maximum atomic E-state index is 12.8. The Bertz CT molecular complexity index is 1090. The van der Waals surface area contributed by atoms with Gasteiger partial charge in [0.25, 0.3) is 5.56 Å². The minimum absolute atomic E-state index is 0.0394. The van der Waals surface area contributed by atoms with Crippen LogP contribution in [0.3, 0.4) is 0 Å². The Kier molecular flexibility index (Phi) is 2.93. The quantitative estimate of drug-likeness (QED) is 0.570. The first kappa shape index (κ1) is 13.7. The Labute approximate surface area is 139 Å². The number of thiophene rings is 1. The van der Waals surface area contributed by atoms with Crippen LogP contribution in [0.5, 0.6) is 0 Å². The van der Waals surface area contributed by atoms with Gasteiger partial charge in [-0.2, -0.15) is 4.98 Å². The molecule has 0 saturated heterocycles. The lowest BCUT2D eigenvalue weighted by Gasteiger charge is -2.02. The normalized spacial score (nSPS) is 13.7. The van der Waals surface area contributed by atoms with Crippen LogP contribution in [0.15, 0.2) is 38.7 Å². The maximum Gasteiger partial charge on any atom is 0.262 e. The first-order chi connectivity index (χ1) is 11.8. The van der Waals surface area contributed by atoms with Gasteiger partial charge in [-0.3, -0.25) is 9.36 Å². The fourth-order valence-electron chi connectivity index (χ4n) is 3.11. The third-order valence-electron chi connectivity index (χ3n) is 4.24. The van der Waals surface area contributed by atoms with Gasteiger partial charge in [-0.15, -0.1) is 11.3 Å². The van der Waals surface area contributed by atoms with Crippen molar-refractivity contribution in [3.63, 3.8) is 0 Å². The van der Waals surface area contributed by atoms with Crippen molar-refractivity contribution < 1.29 is 8.94 Å². The van der Waals surface area contributed by atoms with Crippen molar-refractivity contribution >= 4 is 21.6 Å². The highest BCUT2D eigenvalue weighted by molar-refractivity contribution is 7.18. The van der Waals surface area contributed by atoms with E-state index in [1.54, 1.807) is 36.3 Å². The van der Waals surface area contributed by atoms with Crippen molar-refractivity contribution in [2.75, 3.05) is 0 Å². The summed E-state index contributed by atoms with van der Waals surface area (Å²) in [7, 11) is 0. The van der Waals surface area contributed by atoms with E-state index in [9.17, 15) is 4.79 Å². The van der Waals surface area contributed by atoms with Crippen molar-refractivity contribution in [2.24, 2.45) is 0 Å². The van der Waals surface area contributed by atoms with E-state index in [-0.39, 0.29) is 12.1 Å². The van der Waals surface area contributed by atoms with Gasteiger partial charge in [0.05, 0.1) is 23.5 Å². The molecule has 4 heterocycles. The van der Waals surface area contributed by atoms with Crippen LogP contribution in [0.1, 0.15) is 22.8 Å². The van der Waals surface area contributed by atoms with Crippen molar-refractivity contribution in [3.8, 4) is 11.4 Å². The summed E-state index contributed by atoms with van der Waals surface area (Å²) in [6.07, 6.45) is 7.77. The van der Waals surface area contributed by atoms with Crippen molar-refractivity contribution in [1.29, 1.82) is 0 Å². The number of furan rings is 1. The summed E-state index contributed by atoms with van der Waals surface area (Å²) in [6, 6.07) is 1.75. The Hall–Kier alpha value is -2.74. The Balaban J connectivity index is 1.53. The Morgan fingerprint density at radius 2 is 2.29 bits per heavy atom. The topological polar surface area (TPSA) is 87.0 Å². The van der Waals surface area contributed by atoms with Crippen LogP contribution >= 0.6 is 11.3 Å². The molecule has 24 heavy (non-hydrogen) atoms. The molecule has 0 atom stereocenters. The molecule has 0 aliphatic heterocycles. The van der Waals surface area contributed by atoms with Crippen molar-refractivity contribution in [2.45, 2.75) is 25.8 Å². The van der Waals surface area contributed by atoms with Crippen LogP contribution in [0.2, 0.25) is 0 Å². The summed E-state index contributed by atoms with van der Waals surface area (Å²) < 4.78 is 11.8. The second-order valence-electron chi connectivity index (χ2n) is 5.74. The van der Waals surface area contributed by atoms with Crippen molar-refractivity contribution in [3.05, 3.63) is 51.6 Å². The lowest BCUT2D eigenvalue weighted by Crippen LogP contribution is -2.21. The van der Waals surface area contributed by atoms with Crippen LogP contribution < -0.4 is 5.56 Å². The van der Waals surface area contributed by atoms with Gasteiger partial charge >= 0.3 is 0 Å². The molecule has 120 valence electrons. The summed E-state index contributed by atoms with van der Waals surface area (Å²) in [4.78, 5) is 23.7. The smallest absolute Gasteiger partial charge is 0.262 e. The molecule has 8 heteroatoms. The molecule has 0 spiro atoms. The van der Waals surface area contributed by atoms with Gasteiger partial charge in [0.1, 0.15) is 17.6 Å². The average Bonchev–Trinajstić information content (AvgIpc) is 3.33. The van der Waals surface area contributed by atoms with Crippen LogP contribution in [0.25, 0.3) is 21.6 Å². The number of nitrogens with zero attached hydrogens (tertiary/aromatic N) is 4. The molecule has 1 aliphatic carbocycles. The fourth-order valence-corrected chi connectivity index (χ4v) is 4.33. The average molecular weight is 340 g/mol.